The van der Waals surface area contributed by atoms with Crippen molar-refractivity contribution in [2.45, 2.75) is 70.4 Å². The first-order valence-corrected chi connectivity index (χ1v) is 10.1. The number of nitrogens with zero attached hydrogens (tertiary/aromatic N) is 1. The van der Waals surface area contributed by atoms with Crippen LogP contribution in [-0.4, -0.2) is 47.4 Å². The van der Waals surface area contributed by atoms with E-state index in [0.29, 0.717) is 12.0 Å². The van der Waals surface area contributed by atoms with Crippen LogP contribution in [0.3, 0.4) is 0 Å². The SMILES string of the molecule is CSCC[C@H](NC(C)=O)C(=O)N(CC1CC1)C1CCCCC1. The molecule has 2 aliphatic rings. The van der Waals surface area contributed by atoms with Crippen molar-refractivity contribution in [2.75, 3.05) is 18.6 Å². The van der Waals surface area contributed by atoms with Crippen LogP contribution in [0.1, 0.15) is 58.3 Å². The second kappa shape index (κ2) is 8.80. The van der Waals surface area contributed by atoms with Gasteiger partial charge in [0.05, 0.1) is 0 Å². The van der Waals surface area contributed by atoms with Gasteiger partial charge in [-0.05, 0) is 50.0 Å². The molecule has 0 spiro atoms. The summed E-state index contributed by atoms with van der Waals surface area (Å²) < 4.78 is 0. The molecule has 0 aromatic rings. The highest BCUT2D eigenvalue weighted by molar-refractivity contribution is 7.98. The predicted octanol–water partition coefficient (Wildman–Crippen LogP) is 2.82. The summed E-state index contributed by atoms with van der Waals surface area (Å²) >= 11 is 1.73. The van der Waals surface area contributed by atoms with Crippen molar-refractivity contribution < 1.29 is 9.59 Å². The Morgan fingerprint density at radius 2 is 1.86 bits per heavy atom. The molecule has 1 atom stereocenters. The van der Waals surface area contributed by atoms with Crippen molar-refractivity contribution in [1.82, 2.24) is 10.2 Å². The third-order valence-electron chi connectivity index (χ3n) is 4.74. The van der Waals surface area contributed by atoms with Crippen molar-refractivity contribution in [3.8, 4) is 0 Å². The summed E-state index contributed by atoms with van der Waals surface area (Å²) in [4.78, 5) is 26.6. The highest BCUT2D eigenvalue weighted by atomic mass is 32.2. The molecule has 5 heteroatoms. The number of amides is 2. The Morgan fingerprint density at radius 1 is 1.18 bits per heavy atom. The molecule has 0 aliphatic heterocycles. The van der Waals surface area contributed by atoms with Crippen molar-refractivity contribution in [1.29, 1.82) is 0 Å². The number of thioether (sulfide) groups is 1. The van der Waals surface area contributed by atoms with Gasteiger partial charge in [-0.2, -0.15) is 11.8 Å². The van der Waals surface area contributed by atoms with E-state index in [9.17, 15) is 9.59 Å². The highest BCUT2D eigenvalue weighted by Gasteiger charge is 2.34. The molecule has 2 saturated carbocycles. The van der Waals surface area contributed by atoms with Gasteiger partial charge in [0, 0.05) is 19.5 Å². The molecule has 0 heterocycles. The van der Waals surface area contributed by atoms with Crippen molar-refractivity contribution in [3.63, 3.8) is 0 Å². The molecule has 2 amide bonds. The molecule has 4 nitrogen and oxygen atoms in total. The standard InChI is InChI=1S/C17H30N2O2S/c1-13(20)18-16(10-11-22-2)17(21)19(12-14-8-9-14)15-6-4-3-5-7-15/h14-16H,3-12H2,1-2H3,(H,18,20)/t16-/m0/s1. The lowest BCUT2D eigenvalue weighted by atomic mass is 9.93. The highest BCUT2D eigenvalue weighted by Crippen LogP contribution is 2.33. The van der Waals surface area contributed by atoms with Crippen molar-refractivity contribution in [3.05, 3.63) is 0 Å². The molecule has 0 unspecified atom stereocenters. The molecule has 0 aromatic heterocycles. The fourth-order valence-corrected chi connectivity index (χ4v) is 3.80. The Morgan fingerprint density at radius 3 is 2.41 bits per heavy atom. The minimum Gasteiger partial charge on any atom is -0.345 e. The van der Waals surface area contributed by atoms with E-state index in [1.165, 1.54) is 39.0 Å². The maximum absolute atomic E-state index is 13.0. The van der Waals surface area contributed by atoms with Crippen molar-refractivity contribution >= 4 is 23.6 Å². The second-order valence-electron chi connectivity index (χ2n) is 6.76. The monoisotopic (exact) mass is 326 g/mol. The Labute approximate surface area is 138 Å². The van der Waals surface area contributed by atoms with Gasteiger partial charge in [0.15, 0.2) is 0 Å². The van der Waals surface area contributed by atoms with Gasteiger partial charge in [0.2, 0.25) is 11.8 Å². The van der Waals surface area contributed by atoms with E-state index < -0.39 is 0 Å². The van der Waals surface area contributed by atoms with Gasteiger partial charge in [0.25, 0.3) is 0 Å². The van der Waals surface area contributed by atoms with E-state index in [1.807, 2.05) is 6.26 Å². The first-order chi connectivity index (χ1) is 10.6. The minimum atomic E-state index is -0.342. The van der Waals surface area contributed by atoms with Crippen LogP contribution >= 0.6 is 11.8 Å². The minimum absolute atomic E-state index is 0.102. The van der Waals surface area contributed by atoms with E-state index in [1.54, 1.807) is 11.8 Å². The van der Waals surface area contributed by atoms with Crippen LogP contribution in [0.2, 0.25) is 0 Å². The molecular weight excluding hydrogens is 296 g/mol. The third kappa shape index (κ3) is 5.49. The van der Waals surface area contributed by atoms with E-state index in [0.717, 1.165) is 31.6 Å². The normalized spacial score (nSPS) is 20.5. The van der Waals surface area contributed by atoms with Crippen LogP contribution in [0, 0.1) is 5.92 Å². The van der Waals surface area contributed by atoms with Crippen molar-refractivity contribution in [2.24, 2.45) is 5.92 Å². The molecule has 0 saturated heterocycles. The van der Waals surface area contributed by atoms with Gasteiger partial charge in [-0.3, -0.25) is 9.59 Å². The number of hydrogen-bond acceptors (Lipinski definition) is 3. The van der Waals surface area contributed by atoms with Gasteiger partial charge in [-0.15, -0.1) is 0 Å². The van der Waals surface area contributed by atoms with E-state index >= 15 is 0 Å². The summed E-state index contributed by atoms with van der Waals surface area (Å²) in [6.07, 6.45) is 11.3. The van der Waals surface area contributed by atoms with Crippen LogP contribution in [0.5, 0.6) is 0 Å². The summed E-state index contributed by atoms with van der Waals surface area (Å²) in [6.45, 7) is 2.41. The van der Waals surface area contributed by atoms with E-state index in [-0.39, 0.29) is 17.9 Å². The molecule has 0 bridgehead atoms. The Bertz CT molecular complexity index is 379. The van der Waals surface area contributed by atoms with Crippen LogP contribution < -0.4 is 5.32 Å². The fraction of sp³-hybridized carbons (Fsp3) is 0.882. The van der Waals surface area contributed by atoms with Gasteiger partial charge in [-0.25, -0.2) is 0 Å². The lowest BCUT2D eigenvalue weighted by Gasteiger charge is -2.37. The summed E-state index contributed by atoms with van der Waals surface area (Å²) in [5.74, 6) is 1.65. The largest absolute Gasteiger partial charge is 0.345 e. The Kier molecular flexibility index (Phi) is 7.06. The molecule has 2 fully saturated rings. The van der Waals surface area contributed by atoms with Gasteiger partial charge < -0.3 is 10.2 Å². The lowest BCUT2D eigenvalue weighted by molar-refractivity contribution is -0.139. The van der Waals surface area contributed by atoms with E-state index in [4.69, 9.17) is 0 Å². The average molecular weight is 327 g/mol. The quantitative estimate of drug-likeness (QED) is 0.746. The predicted molar refractivity (Wildman–Crippen MR) is 91.9 cm³/mol. The smallest absolute Gasteiger partial charge is 0.245 e. The maximum atomic E-state index is 13.0. The number of hydrogen-bond donors (Lipinski definition) is 1. The number of nitrogens with one attached hydrogen (secondary N) is 1. The zero-order valence-electron chi connectivity index (χ0n) is 14.0. The molecule has 2 aliphatic carbocycles. The maximum Gasteiger partial charge on any atom is 0.245 e. The summed E-state index contributed by atoms with van der Waals surface area (Å²) in [7, 11) is 0. The molecule has 126 valence electrons. The number of rotatable bonds is 8. The van der Waals surface area contributed by atoms with E-state index in [2.05, 4.69) is 10.2 Å². The molecule has 0 aromatic carbocycles. The summed E-state index contributed by atoms with van der Waals surface area (Å²) in [5, 5.41) is 2.88. The van der Waals surface area contributed by atoms with Gasteiger partial charge in [0.1, 0.15) is 6.04 Å². The zero-order valence-corrected chi connectivity index (χ0v) is 14.8. The summed E-state index contributed by atoms with van der Waals surface area (Å²) in [6, 6.07) is 0.0537. The third-order valence-corrected chi connectivity index (χ3v) is 5.38. The molecule has 1 N–H and O–H groups in total. The van der Waals surface area contributed by atoms with Crippen LogP contribution in [-0.2, 0) is 9.59 Å². The fourth-order valence-electron chi connectivity index (χ4n) is 3.33. The Hall–Kier alpha value is -0.710. The molecule has 0 radical (unpaired) electrons. The second-order valence-corrected chi connectivity index (χ2v) is 7.75. The topological polar surface area (TPSA) is 49.4 Å². The van der Waals surface area contributed by atoms with Gasteiger partial charge in [-0.1, -0.05) is 19.3 Å². The number of carbonyl (C=O) groups excluding carboxylic acids is 2. The van der Waals surface area contributed by atoms with Crippen LogP contribution in [0.15, 0.2) is 0 Å². The van der Waals surface area contributed by atoms with Crippen LogP contribution in [0.4, 0.5) is 0 Å². The Balaban J connectivity index is 2.03. The van der Waals surface area contributed by atoms with Crippen LogP contribution in [0.25, 0.3) is 0 Å². The molecular formula is C17H30N2O2S. The first kappa shape index (κ1) is 17.6. The molecule has 22 heavy (non-hydrogen) atoms. The summed E-state index contributed by atoms with van der Waals surface area (Å²) in [5.41, 5.74) is 0. The molecule has 2 rings (SSSR count). The van der Waals surface area contributed by atoms with Gasteiger partial charge >= 0.3 is 0 Å². The first-order valence-electron chi connectivity index (χ1n) is 8.68. The zero-order chi connectivity index (χ0) is 15.9. The lowest BCUT2D eigenvalue weighted by Crippen LogP contribution is -2.52. The average Bonchev–Trinajstić information content (AvgIpc) is 3.33. The number of carbonyl (C=O) groups is 2.